The van der Waals surface area contributed by atoms with E-state index < -0.39 is 40.8 Å². The van der Waals surface area contributed by atoms with E-state index in [0.29, 0.717) is 6.07 Å². The Hall–Kier alpha value is -2.41. The van der Waals surface area contributed by atoms with Crippen LogP contribution in [0.15, 0.2) is 36.4 Å². The second-order valence-electron chi connectivity index (χ2n) is 5.36. The van der Waals surface area contributed by atoms with E-state index in [0.717, 1.165) is 6.07 Å². The second kappa shape index (κ2) is 6.60. The van der Waals surface area contributed by atoms with Crippen LogP contribution in [0, 0.1) is 23.3 Å². The number of benzene rings is 2. The molecular formula is C17H13F4NO2. The van der Waals surface area contributed by atoms with Crippen molar-refractivity contribution in [3.8, 4) is 0 Å². The van der Waals surface area contributed by atoms with Crippen LogP contribution in [-0.4, -0.2) is 30.5 Å². The summed E-state index contributed by atoms with van der Waals surface area (Å²) in [4.78, 5) is 13.6. The Bertz CT molecular complexity index is 781. The number of halogens is 4. The number of amides is 1. The molecule has 1 heterocycles. The molecule has 1 amide bonds. The van der Waals surface area contributed by atoms with Gasteiger partial charge in [-0.15, -0.1) is 0 Å². The molecule has 126 valence electrons. The molecule has 7 heteroatoms. The first-order chi connectivity index (χ1) is 11.5. The maximum atomic E-state index is 13.9. The Balaban J connectivity index is 1.84. The summed E-state index contributed by atoms with van der Waals surface area (Å²) in [5.41, 5.74) is -0.288. The number of hydrogen-bond donors (Lipinski definition) is 0. The summed E-state index contributed by atoms with van der Waals surface area (Å²) >= 11 is 0. The topological polar surface area (TPSA) is 29.5 Å². The van der Waals surface area contributed by atoms with Crippen molar-refractivity contribution in [1.29, 1.82) is 0 Å². The number of morpholine rings is 1. The van der Waals surface area contributed by atoms with Crippen molar-refractivity contribution in [2.75, 3.05) is 19.7 Å². The van der Waals surface area contributed by atoms with E-state index in [1.54, 1.807) is 6.07 Å². The largest absolute Gasteiger partial charge is 0.370 e. The second-order valence-corrected chi connectivity index (χ2v) is 5.36. The molecule has 0 N–H and O–H groups in total. The highest BCUT2D eigenvalue weighted by Crippen LogP contribution is 2.26. The first-order valence-corrected chi connectivity index (χ1v) is 7.28. The molecule has 0 aromatic heterocycles. The Kier molecular flexibility index (Phi) is 4.53. The van der Waals surface area contributed by atoms with E-state index in [-0.39, 0.29) is 25.3 Å². The van der Waals surface area contributed by atoms with Crippen LogP contribution in [0.5, 0.6) is 0 Å². The van der Waals surface area contributed by atoms with Gasteiger partial charge >= 0.3 is 0 Å². The molecular weight excluding hydrogens is 326 g/mol. The van der Waals surface area contributed by atoms with Gasteiger partial charge in [-0.1, -0.05) is 18.2 Å². The molecule has 0 saturated carbocycles. The van der Waals surface area contributed by atoms with Gasteiger partial charge in [0.1, 0.15) is 11.9 Å². The van der Waals surface area contributed by atoms with Gasteiger partial charge in [-0.05, 0) is 18.2 Å². The highest BCUT2D eigenvalue weighted by atomic mass is 19.2. The van der Waals surface area contributed by atoms with E-state index in [9.17, 15) is 22.4 Å². The lowest BCUT2D eigenvalue weighted by molar-refractivity contribution is -0.0244. The van der Waals surface area contributed by atoms with Crippen LogP contribution in [0.1, 0.15) is 22.0 Å². The fourth-order valence-electron chi connectivity index (χ4n) is 2.62. The van der Waals surface area contributed by atoms with Gasteiger partial charge in [-0.25, -0.2) is 17.6 Å². The third-order valence-corrected chi connectivity index (χ3v) is 3.87. The standard InChI is InChI=1S/C17H13F4NO2/c18-12-4-2-1-3-10(12)14-9-22(7-8-24-14)17(23)11-5-6-13(19)16(21)15(11)20/h1-6,14H,7-9H2. The number of hydrogen-bond acceptors (Lipinski definition) is 2. The van der Waals surface area contributed by atoms with Crippen LogP contribution < -0.4 is 0 Å². The lowest BCUT2D eigenvalue weighted by Gasteiger charge is -2.33. The Morgan fingerprint density at radius 3 is 2.50 bits per heavy atom. The average molecular weight is 339 g/mol. The zero-order valence-electron chi connectivity index (χ0n) is 12.4. The maximum absolute atomic E-state index is 13.9. The lowest BCUT2D eigenvalue weighted by Crippen LogP contribution is -2.42. The normalized spacial score (nSPS) is 17.8. The van der Waals surface area contributed by atoms with Crippen molar-refractivity contribution in [3.05, 3.63) is 70.8 Å². The summed E-state index contributed by atoms with van der Waals surface area (Å²) in [6, 6.07) is 7.56. The molecule has 2 aromatic rings. The number of ether oxygens (including phenoxy) is 1. The minimum atomic E-state index is -1.69. The molecule has 2 aromatic carbocycles. The minimum Gasteiger partial charge on any atom is -0.370 e. The maximum Gasteiger partial charge on any atom is 0.257 e. The highest BCUT2D eigenvalue weighted by molar-refractivity contribution is 5.94. The zero-order chi connectivity index (χ0) is 17.3. The first-order valence-electron chi connectivity index (χ1n) is 7.28. The van der Waals surface area contributed by atoms with Crippen LogP contribution in [-0.2, 0) is 4.74 Å². The van der Waals surface area contributed by atoms with Gasteiger partial charge in [0, 0.05) is 12.1 Å². The van der Waals surface area contributed by atoms with Crippen LogP contribution >= 0.6 is 0 Å². The van der Waals surface area contributed by atoms with Crippen LogP contribution in [0.3, 0.4) is 0 Å². The third-order valence-electron chi connectivity index (χ3n) is 3.87. The van der Waals surface area contributed by atoms with Crippen molar-refractivity contribution in [2.45, 2.75) is 6.10 Å². The third kappa shape index (κ3) is 2.99. The number of carbonyl (C=O) groups excluding carboxylic acids is 1. The fourth-order valence-corrected chi connectivity index (χ4v) is 2.62. The molecule has 0 bridgehead atoms. The molecule has 1 atom stereocenters. The average Bonchev–Trinajstić information content (AvgIpc) is 2.60. The van der Waals surface area contributed by atoms with E-state index in [2.05, 4.69) is 0 Å². The van der Waals surface area contributed by atoms with E-state index in [1.165, 1.54) is 23.1 Å². The zero-order valence-corrected chi connectivity index (χ0v) is 12.4. The molecule has 1 saturated heterocycles. The molecule has 1 fully saturated rings. The predicted octanol–water partition coefficient (Wildman–Crippen LogP) is 3.46. The number of carbonyl (C=O) groups is 1. The van der Waals surface area contributed by atoms with Gasteiger partial charge in [0.05, 0.1) is 18.7 Å². The van der Waals surface area contributed by atoms with Crippen molar-refractivity contribution in [1.82, 2.24) is 4.90 Å². The monoisotopic (exact) mass is 339 g/mol. The fraction of sp³-hybridized carbons (Fsp3) is 0.235. The number of rotatable bonds is 2. The lowest BCUT2D eigenvalue weighted by atomic mass is 10.1. The summed E-state index contributed by atoms with van der Waals surface area (Å²) in [5, 5.41) is 0. The smallest absolute Gasteiger partial charge is 0.257 e. The summed E-state index contributed by atoms with van der Waals surface area (Å²) < 4.78 is 59.4. The van der Waals surface area contributed by atoms with E-state index >= 15 is 0 Å². The summed E-state index contributed by atoms with van der Waals surface area (Å²) in [6.45, 7) is 0.246. The van der Waals surface area contributed by atoms with Gasteiger partial charge in [-0.2, -0.15) is 0 Å². The van der Waals surface area contributed by atoms with Crippen molar-refractivity contribution >= 4 is 5.91 Å². The van der Waals surface area contributed by atoms with Gasteiger partial charge in [0.2, 0.25) is 0 Å². The van der Waals surface area contributed by atoms with Gasteiger partial charge < -0.3 is 9.64 Å². The quantitative estimate of drug-likeness (QED) is 0.619. The van der Waals surface area contributed by atoms with Gasteiger partial charge in [0.25, 0.3) is 5.91 Å². The van der Waals surface area contributed by atoms with Crippen LogP contribution in [0.25, 0.3) is 0 Å². The number of nitrogens with zero attached hydrogens (tertiary/aromatic N) is 1. The molecule has 0 spiro atoms. The van der Waals surface area contributed by atoms with Gasteiger partial charge in [-0.3, -0.25) is 4.79 Å². The highest BCUT2D eigenvalue weighted by Gasteiger charge is 2.30. The van der Waals surface area contributed by atoms with Gasteiger partial charge in [0.15, 0.2) is 17.5 Å². The molecule has 3 nitrogen and oxygen atoms in total. The van der Waals surface area contributed by atoms with E-state index in [1.807, 2.05) is 0 Å². The Morgan fingerprint density at radius 2 is 1.75 bits per heavy atom. The van der Waals surface area contributed by atoms with E-state index in [4.69, 9.17) is 4.74 Å². The first kappa shape index (κ1) is 16.4. The van der Waals surface area contributed by atoms with Crippen LogP contribution in [0.4, 0.5) is 17.6 Å². The summed E-state index contributed by atoms with van der Waals surface area (Å²) in [5.74, 6) is -5.86. The molecule has 1 aliphatic heterocycles. The van der Waals surface area contributed by atoms with Crippen molar-refractivity contribution < 1.29 is 27.1 Å². The SMILES string of the molecule is O=C(c1ccc(F)c(F)c1F)N1CCOC(c2ccccc2F)C1. The summed E-state index contributed by atoms with van der Waals surface area (Å²) in [6.07, 6.45) is -0.711. The minimum absolute atomic E-state index is 0.0157. The summed E-state index contributed by atoms with van der Waals surface area (Å²) in [7, 11) is 0. The van der Waals surface area contributed by atoms with Crippen molar-refractivity contribution in [2.24, 2.45) is 0 Å². The Morgan fingerprint density at radius 1 is 1.00 bits per heavy atom. The molecule has 1 aliphatic rings. The predicted molar refractivity (Wildman–Crippen MR) is 77.3 cm³/mol. The molecule has 3 rings (SSSR count). The van der Waals surface area contributed by atoms with Crippen molar-refractivity contribution in [3.63, 3.8) is 0 Å². The Labute approximate surface area is 135 Å². The molecule has 1 unspecified atom stereocenters. The molecule has 24 heavy (non-hydrogen) atoms. The molecule has 0 radical (unpaired) electrons. The molecule has 0 aliphatic carbocycles. The van der Waals surface area contributed by atoms with Crippen LogP contribution in [0.2, 0.25) is 0 Å².